The molecule has 1 heterocycles. The molecule has 0 amide bonds. The highest BCUT2D eigenvalue weighted by Crippen LogP contribution is 2.33. The van der Waals surface area contributed by atoms with E-state index in [9.17, 15) is 4.39 Å². The zero-order valence-electron chi connectivity index (χ0n) is 14.2. The van der Waals surface area contributed by atoms with Crippen LogP contribution in [0.25, 0.3) is 0 Å². The van der Waals surface area contributed by atoms with Crippen LogP contribution >= 0.6 is 0 Å². The van der Waals surface area contributed by atoms with Gasteiger partial charge in [-0.15, -0.1) is 0 Å². The Labute approximate surface area is 147 Å². The predicted molar refractivity (Wildman–Crippen MR) is 94.9 cm³/mol. The number of halogens is 1. The van der Waals surface area contributed by atoms with Crippen molar-refractivity contribution < 1.29 is 18.6 Å². The van der Waals surface area contributed by atoms with E-state index in [1.54, 1.807) is 0 Å². The number of rotatable bonds is 8. The van der Waals surface area contributed by atoms with E-state index in [2.05, 4.69) is 5.32 Å². The van der Waals surface area contributed by atoms with E-state index in [1.165, 1.54) is 0 Å². The second-order valence-corrected chi connectivity index (χ2v) is 5.90. The number of benzene rings is 2. The fourth-order valence-electron chi connectivity index (χ4n) is 2.82. The fourth-order valence-corrected chi connectivity index (χ4v) is 2.82. The molecule has 1 fully saturated rings. The zero-order valence-corrected chi connectivity index (χ0v) is 14.2. The molecule has 0 unspecified atom stereocenters. The standard InChI is InChI=1S/C20H24FNO3/c21-11-6-13-23-17-9-4-5-10-18(17)25-20(16-7-2-1-3-8-16)19-15-22-12-14-24-19/h1-5,7-10,19-20,22H,6,11-15H2/t19-,20-/m0/s1. The molecule has 0 radical (unpaired) electrons. The lowest BCUT2D eigenvalue weighted by Gasteiger charge is -2.32. The van der Waals surface area contributed by atoms with Gasteiger partial charge in [-0.1, -0.05) is 42.5 Å². The van der Waals surface area contributed by atoms with Gasteiger partial charge in [0.2, 0.25) is 0 Å². The molecule has 3 rings (SSSR count). The smallest absolute Gasteiger partial charge is 0.162 e. The summed E-state index contributed by atoms with van der Waals surface area (Å²) in [4.78, 5) is 0. The normalized spacial score (nSPS) is 18.5. The van der Waals surface area contributed by atoms with Crippen molar-refractivity contribution in [2.45, 2.75) is 18.6 Å². The maximum Gasteiger partial charge on any atom is 0.162 e. The topological polar surface area (TPSA) is 39.7 Å². The van der Waals surface area contributed by atoms with E-state index in [-0.39, 0.29) is 12.2 Å². The van der Waals surface area contributed by atoms with Gasteiger partial charge >= 0.3 is 0 Å². The highest BCUT2D eigenvalue weighted by molar-refractivity contribution is 5.40. The van der Waals surface area contributed by atoms with Crippen molar-refractivity contribution in [3.63, 3.8) is 0 Å². The van der Waals surface area contributed by atoms with E-state index in [0.717, 1.165) is 18.7 Å². The highest BCUT2D eigenvalue weighted by atomic mass is 19.1. The van der Waals surface area contributed by atoms with Crippen LogP contribution in [-0.2, 0) is 4.74 Å². The van der Waals surface area contributed by atoms with E-state index >= 15 is 0 Å². The molecule has 1 N–H and O–H groups in total. The number of alkyl halides is 1. The minimum atomic E-state index is -0.392. The van der Waals surface area contributed by atoms with Gasteiger partial charge in [0, 0.05) is 19.5 Å². The lowest BCUT2D eigenvalue weighted by atomic mass is 10.0. The molecule has 1 aliphatic rings. The fraction of sp³-hybridized carbons (Fsp3) is 0.400. The summed E-state index contributed by atoms with van der Waals surface area (Å²) in [6.07, 6.45) is 0.0292. The Morgan fingerprint density at radius 2 is 1.84 bits per heavy atom. The monoisotopic (exact) mass is 345 g/mol. The van der Waals surface area contributed by atoms with Gasteiger partial charge in [0.05, 0.1) is 19.9 Å². The Morgan fingerprint density at radius 1 is 1.08 bits per heavy atom. The molecule has 5 heteroatoms. The maximum absolute atomic E-state index is 12.3. The van der Waals surface area contributed by atoms with Crippen LogP contribution in [0.1, 0.15) is 18.1 Å². The largest absolute Gasteiger partial charge is 0.490 e. The molecule has 1 aliphatic heterocycles. The summed E-state index contributed by atoms with van der Waals surface area (Å²) in [5.74, 6) is 1.27. The maximum atomic E-state index is 12.3. The molecule has 25 heavy (non-hydrogen) atoms. The Hall–Kier alpha value is -2.11. The quantitative estimate of drug-likeness (QED) is 0.743. The molecule has 2 aromatic rings. The first-order valence-corrected chi connectivity index (χ1v) is 8.70. The summed E-state index contributed by atoms with van der Waals surface area (Å²) in [6, 6.07) is 17.5. The molecule has 0 aliphatic carbocycles. The molecule has 0 spiro atoms. The molecule has 2 aromatic carbocycles. The van der Waals surface area contributed by atoms with Gasteiger partial charge in [0.25, 0.3) is 0 Å². The van der Waals surface area contributed by atoms with Crippen molar-refractivity contribution in [3.05, 3.63) is 60.2 Å². The van der Waals surface area contributed by atoms with Gasteiger partial charge in [-0.25, -0.2) is 0 Å². The zero-order chi connectivity index (χ0) is 17.3. The van der Waals surface area contributed by atoms with Gasteiger partial charge in [-0.2, -0.15) is 0 Å². The Kier molecular flexibility index (Phi) is 6.65. The number of nitrogens with one attached hydrogen (secondary N) is 1. The van der Waals surface area contributed by atoms with Crippen LogP contribution in [0.3, 0.4) is 0 Å². The molecule has 4 nitrogen and oxygen atoms in total. The third kappa shape index (κ3) is 4.94. The molecular formula is C20H24FNO3. The van der Waals surface area contributed by atoms with Gasteiger partial charge in [0.1, 0.15) is 6.10 Å². The third-order valence-electron chi connectivity index (χ3n) is 4.06. The van der Waals surface area contributed by atoms with Crippen molar-refractivity contribution in [3.8, 4) is 11.5 Å². The molecule has 0 aromatic heterocycles. The van der Waals surface area contributed by atoms with Crippen LogP contribution in [0, 0.1) is 0 Å². The summed E-state index contributed by atoms with van der Waals surface area (Å²) >= 11 is 0. The number of para-hydroxylation sites is 2. The lowest BCUT2D eigenvalue weighted by Crippen LogP contribution is -2.43. The first-order chi connectivity index (χ1) is 12.4. The lowest BCUT2D eigenvalue weighted by molar-refractivity contribution is -0.0439. The van der Waals surface area contributed by atoms with Gasteiger partial charge < -0.3 is 19.5 Å². The summed E-state index contributed by atoms with van der Waals surface area (Å²) in [6.45, 7) is 2.17. The van der Waals surface area contributed by atoms with Crippen molar-refractivity contribution in [1.82, 2.24) is 5.32 Å². The summed E-state index contributed by atoms with van der Waals surface area (Å²) in [7, 11) is 0. The number of morpholine rings is 1. The van der Waals surface area contributed by atoms with Gasteiger partial charge in [-0.05, 0) is 17.7 Å². The first-order valence-electron chi connectivity index (χ1n) is 8.70. The number of hydrogen-bond acceptors (Lipinski definition) is 4. The molecular weight excluding hydrogens is 321 g/mol. The Balaban J connectivity index is 1.80. The van der Waals surface area contributed by atoms with Gasteiger partial charge in [-0.3, -0.25) is 4.39 Å². The Bertz CT molecular complexity index is 632. The number of hydrogen-bond donors (Lipinski definition) is 1. The second kappa shape index (κ2) is 9.39. The van der Waals surface area contributed by atoms with Crippen LogP contribution in [0.2, 0.25) is 0 Å². The van der Waals surface area contributed by atoms with Crippen LogP contribution in [0.15, 0.2) is 54.6 Å². The molecule has 134 valence electrons. The van der Waals surface area contributed by atoms with E-state index in [4.69, 9.17) is 14.2 Å². The van der Waals surface area contributed by atoms with Crippen molar-refractivity contribution >= 4 is 0 Å². The first kappa shape index (κ1) is 17.7. The van der Waals surface area contributed by atoms with Crippen molar-refractivity contribution in [2.75, 3.05) is 33.0 Å². The van der Waals surface area contributed by atoms with E-state index in [1.807, 2.05) is 54.6 Å². The minimum Gasteiger partial charge on any atom is -0.490 e. The SMILES string of the molecule is FCCCOc1ccccc1O[C@@H](c1ccccc1)[C@@H]1CNCCO1. The third-order valence-corrected chi connectivity index (χ3v) is 4.06. The second-order valence-electron chi connectivity index (χ2n) is 5.90. The minimum absolute atomic E-state index is 0.0879. The summed E-state index contributed by atoms with van der Waals surface area (Å²) < 4.78 is 30.3. The van der Waals surface area contributed by atoms with E-state index in [0.29, 0.717) is 31.1 Å². The van der Waals surface area contributed by atoms with Crippen LogP contribution in [0.5, 0.6) is 11.5 Å². The molecule has 2 atom stereocenters. The average Bonchev–Trinajstić information content (AvgIpc) is 2.69. The molecule has 1 saturated heterocycles. The summed E-state index contributed by atoms with van der Waals surface area (Å²) in [5.41, 5.74) is 1.05. The number of ether oxygens (including phenoxy) is 3. The van der Waals surface area contributed by atoms with Crippen LogP contribution in [0.4, 0.5) is 4.39 Å². The molecule has 0 bridgehead atoms. The highest BCUT2D eigenvalue weighted by Gasteiger charge is 2.28. The van der Waals surface area contributed by atoms with Crippen molar-refractivity contribution in [1.29, 1.82) is 0 Å². The van der Waals surface area contributed by atoms with Crippen LogP contribution < -0.4 is 14.8 Å². The van der Waals surface area contributed by atoms with Crippen LogP contribution in [-0.4, -0.2) is 39.1 Å². The Morgan fingerprint density at radius 3 is 2.56 bits per heavy atom. The predicted octanol–water partition coefficient (Wildman–Crippen LogP) is 3.53. The molecule has 0 saturated carbocycles. The van der Waals surface area contributed by atoms with Crippen molar-refractivity contribution in [2.24, 2.45) is 0 Å². The summed E-state index contributed by atoms with van der Waals surface area (Å²) in [5, 5.41) is 3.35. The van der Waals surface area contributed by atoms with E-state index < -0.39 is 6.67 Å². The van der Waals surface area contributed by atoms with Gasteiger partial charge in [0.15, 0.2) is 17.6 Å². The average molecular weight is 345 g/mol.